The Morgan fingerprint density at radius 2 is 1.82 bits per heavy atom. The molecule has 1 N–H and O–H groups in total. The molecule has 4 nitrogen and oxygen atoms in total. The van der Waals surface area contributed by atoms with E-state index in [0.717, 1.165) is 0 Å². The third kappa shape index (κ3) is 2.35. The van der Waals surface area contributed by atoms with Crippen LogP contribution in [0.1, 0.15) is 32.0 Å². The van der Waals surface area contributed by atoms with Crippen LogP contribution < -0.4 is 5.32 Å². The molecule has 0 saturated carbocycles. The molecule has 0 unspecified atom stereocenters. The highest BCUT2D eigenvalue weighted by Gasteiger charge is 2.40. The molecular weight excluding hydrogens is 233 g/mol. The minimum Gasteiger partial charge on any atom is -0.372 e. The monoisotopic (exact) mass is 246 g/mol. The summed E-state index contributed by atoms with van der Waals surface area (Å²) in [6.07, 6.45) is -4.63. The number of anilines is 1. The Kier molecular flexibility index (Phi) is 3.10. The highest BCUT2D eigenvalue weighted by molar-refractivity contribution is 5.56. The highest BCUT2D eigenvalue weighted by Crippen LogP contribution is 2.36. The van der Waals surface area contributed by atoms with Gasteiger partial charge in [-0.15, -0.1) is 0 Å². The van der Waals surface area contributed by atoms with Gasteiger partial charge in [0.2, 0.25) is 0 Å². The smallest absolute Gasteiger partial charge is 0.372 e. The maximum absolute atomic E-state index is 12.7. The summed E-state index contributed by atoms with van der Waals surface area (Å²) in [5, 5.41) is 14.9. The fourth-order valence-electron chi connectivity index (χ4n) is 1.44. The van der Waals surface area contributed by atoms with Gasteiger partial charge in [-0.3, -0.25) is 0 Å². The van der Waals surface area contributed by atoms with Gasteiger partial charge < -0.3 is 5.32 Å². The molecule has 0 aliphatic rings. The summed E-state index contributed by atoms with van der Waals surface area (Å²) in [5.41, 5.74) is -2.28. The number of nitrogens with zero attached hydrogens (tertiary/aromatic N) is 3. The topological polar surface area (TPSA) is 53.6 Å². The number of hydrogen-bond acceptors (Lipinski definition) is 3. The molecule has 0 aliphatic carbocycles. The molecule has 0 amide bonds. The quantitative estimate of drug-likeness (QED) is 0.828. The van der Waals surface area contributed by atoms with Gasteiger partial charge >= 0.3 is 6.18 Å². The van der Waals surface area contributed by atoms with Crippen LogP contribution in [0.5, 0.6) is 0 Å². The van der Waals surface area contributed by atoms with Gasteiger partial charge in [-0.05, 0) is 20.8 Å². The zero-order valence-electron chi connectivity index (χ0n) is 9.98. The lowest BCUT2D eigenvalue weighted by molar-refractivity contribution is -0.141. The number of rotatable bonds is 1. The van der Waals surface area contributed by atoms with Crippen molar-refractivity contribution in [2.75, 3.05) is 12.4 Å². The Morgan fingerprint density at radius 3 is 2.12 bits per heavy atom. The first-order valence-electron chi connectivity index (χ1n) is 4.91. The van der Waals surface area contributed by atoms with E-state index >= 15 is 0 Å². The molecule has 7 heteroatoms. The third-order valence-electron chi connectivity index (χ3n) is 2.14. The van der Waals surface area contributed by atoms with E-state index in [0.29, 0.717) is 0 Å². The number of halogens is 3. The van der Waals surface area contributed by atoms with E-state index in [1.807, 2.05) is 0 Å². The average Bonchev–Trinajstić information content (AvgIpc) is 2.54. The van der Waals surface area contributed by atoms with E-state index in [9.17, 15) is 13.2 Å². The van der Waals surface area contributed by atoms with Crippen molar-refractivity contribution in [3.63, 3.8) is 0 Å². The maximum atomic E-state index is 12.7. The Morgan fingerprint density at radius 1 is 1.29 bits per heavy atom. The molecular formula is C10H13F3N4. The number of aromatic nitrogens is 2. The normalized spacial score (nSPS) is 12.4. The molecule has 0 spiro atoms. The average molecular weight is 246 g/mol. The van der Waals surface area contributed by atoms with Crippen molar-refractivity contribution in [3.05, 3.63) is 11.3 Å². The van der Waals surface area contributed by atoms with Gasteiger partial charge in [0, 0.05) is 7.05 Å². The van der Waals surface area contributed by atoms with Crippen molar-refractivity contribution in [1.29, 1.82) is 5.26 Å². The Bertz CT molecular complexity index is 460. The van der Waals surface area contributed by atoms with Crippen LogP contribution in [0.4, 0.5) is 19.0 Å². The van der Waals surface area contributed by atoms with E-state index in [4.69, 9.17) is 5.26 Å². The molecule has 1 aromatic heterocycles. The molecule has 0 aliphatic heterocycles. The molecule has 1 rings (SSSR count). The summed E-state index contributed by atoms with van der Waals surface area (Å²) in [7, 11) is 1.46. The Labute approximate surface area is 97.0 Å². The zero-order chi connectivity index (χ0) is 13.4. The second-order valence-corrected chi connectivity index (χ2v) is 4.51. The van der Waals surface area contributed by atoms with Gasteiger partial charge in [-0.25, -0.2) is 4.68 Å². The van der Waals surface area contributed by atoms with Gasteiger partial charge in [-0.1, -0.05) is 0 Å². The molecule has 1 heterocycles. The van der Waals surface area contributed by atoms with Crippen molar-refractivity contribution in [2.45, 2.75) is 32.5 Å². The van der Waals surface area contributed by atoms with Crippen molar-refractivity contribution < 1.29 is 13.2 Å². The minimum absolute atomic E-state index is 0.0762. The van der Waals surface area contributed by atoms with Gasteiger partial charge in [-0.2, -0.15) is 23.5 Å². The first kappa shape index (κ1) is 13.4. The van der Waals surface area contributed by atoms with Crippen LogP contribution in [0.2, 0.25) is 0 Å². The SMILES string of the molecule is CNc1c(C#N)c(C(F)(F)F)nn1C(C)(C)C. The van der Waals surface area contributed by atoms with Gasteiger partial charge in [0.15, 0.2) is 5.69 Å². The lowest BCUT2D eigenvalue weighted by atomic mass is 10.1. The molecule has 0 atom stereocenters. The minimum atomic E-state index is -4.63. The van der Waals surface area contributed by atoms with E-state index in [-0.39, 0.29) is 5.82 Å². The van der Waals surface area contributed by atoms with Crippen LogP contribution in [0.3, 0.4) is 0 Å². The van der Waals surface area contributed by atoms with Gasteiger partial charge in [0.05, 0.1) is 5.54 Å². The highest BCUT2D eigenvalue weighted by atomic mass is 19.4. The molecule has 0 aromatic carbocycles. The molecule has 94 valence electrons. The van der Waals surface area contributed by atoms with Crippen LogP contribution in [-0.2, 0) is 11.7 Å². The Hall–Kier alpha value is -1.71. The molecule has 0 radical (unpaired) electrons. The standard InChI is InChI=1S/C10H13F3N4/c1-9(2,3)17-8(15-4)6(5-14)7(16-17)10(11,12)13/h15H,1-4H3. The molecule has 0 bridgehead atoms. The fourth-order valence-corrected chi connectivity index (χ4v) is 1.44. The van der Waals surface area contributed by atoms with Crippen LogP contribution in [0.15, 0.2) is 0 Å². The zero-order valence-corrected chi connectivity index (χ0v) is 9.98. The van der Waals surface area contributed by atoms with Crippen molar-refractivity contribution >= 4 is 5.82 Å². The maximum Gasteiger partial charge on any atom is 0.436 e. The van der Waals surface area contributed by atoms with Crippen LogP contribution in [0.25, 0.3) is 0 Å². The fraction of sp³-hybridized carbons (Fsp3) is 0.600. The first-order valence-corrected chi connectivity index (χ1v) is 4.91. The summed E-state index contributed by atoms with van der Waals surface area (Å²) >= 11 is 0. The van der Waals surface area contributed by atoms with Crippen LogP contribution in [0, 0.1) is 11.3 Å². The van der Waals surface area contributed by atoms with Gasteiger partial charge in [0.1, 0.15) is 17.5 Å². The van der Waals surface area contributed by atoms with Gasteiger partial charge in [0.25, 0.3) is 0 Å². The number of nitriles is 1. The van der Waals surface area contributed by atoms with E-state index in [1.54, 1.807) is 26.8 Å². The van der Waals surface area contributed by atoms with Crippen LogP contribution in [-0.4, -0.2) is 16.8 Å². The summed E-state index contributed by atoms with van der Waals surface area (Å²) in [5.74, 6) is 0.0762. The number of alkyl halides is 3. The number of nitrogens with one attached hydrogen (secondary N) is 1. The predicted molar refractivity (Wildman–Crippen MR) is 56.5 cm³/mol. The summed E-state index contributed by atoms with van der Waals surface area (Å²) < 4.78 is 39.3. The lowest BCUT2D eigenvalue weighted by Gasteiger charge is -2.21. The van der Waals surface area contributed by atoms with E-state index in [2.05, 4.69) is 10.4 Å². The summed E-state index contributed by atoms with van der Waals surface area (Å²) in [6.45, 7) is 5.13. The predicted octanol–water partition coefficient (Wildman–Crippen LogP) is 2.57. The first-order chi connectivity index (χ1) is 7.62. The Balaban J connectivity index is 3.58. The lowest BCUT2D eigenvalue weighted by Crippen LogP contribution is -2.25. The third-order valence-corrected chi connectivity index (χ3v) is 2.14. The molecule has 17 heavy (non-hydrogen) atoms. The number of hydrogen-bond donors (Lipinski definition) is 1. The molecule has 0 fully saturated rings. The molecule has 0 saturated heterocycles. The van der Waals surface area contributed by atoms with Crippen molar-refractivity contribution in [1.82, 2.24) is 9.78 Å². The second kappa shape index (κ2) is 3.95. The van der Waals surface area contributed by atoms with Crippen molar-refractivity contribution in [2.24, 2.45) is 0 Å². The van der Waals surface area contributed by atoms with Crippen LogP contribution >= 0.6 is 0 Å². The van der Waals surface area contributed by atoms with Crippen molar-refractivity contribution in [3.8, 4) is 6.07 Å². The summed E-state index contributed by atoms with van der Waals surface area (Å²) in [6, 6.07) is 1.55. The second-order valence-electron chi connectivity index (χ2n) is 4.51. The largest absolute Gasteiger partial charge is 0.436 e. The molecule has 1 aromatic rings. The van der Waals surface area contributed by atoms with E-state index < -0.39 is 23.0 Å². The van der Waals surface area contributed by atoms with E-state index in [1.165, 1.54) is 11.7 Å². The summed E-state index contributed by atoms with van der Waals surface area (Å²) in [4.78, 5) is 0.